The van der Waals surface area contributed by atoms with Gasteiger partial charge in [-0.15, -0.1) is 0 Å². The molecule has 0 radical (unpaired) electrons. The van der Waals surface area contributed by atoms with Gasteiger partial charge in [-0.1, -0.05) is 0 Å². The Morgan fingerprint density at radius 1 is 1.19 bits per heavy atom. The number of aliphatic hydroxyl groups excluding tert-OH is 2. The van der Waals surface area contributed by atoms with Crippen LogP contribution in [-0.2, 0) is 4.74 Å². The Labute approximate surface area is 125 Å². The van der Waals surface area contributed by atoms with Gasteiger partial charge in [-0.3, -0.25) is 0 Å². The third-order valence-corrected chi connectivity index (χ3v) is 3.30. The van der Waals surface area contributed by atoms with Gasteiger partial charge in [0, 0.05) is 25.4 Å². The Morgan fingerprint density at radius 3 is 2.71 bits per heavy atom. The molecule has 0 bridgehead atoms. The van der Waals surface area contributed by atoms with Crippen LogP contribution in [0.5, 0.6) is 5.75 Å². The van der Waals surface area contributed by atoms with Crippen molar-refractivity contribution in [2.75, 3.05) is 50.2 Å². The van der Waals surface area contributed by atoms with E-state index >= 15 is 0 Å². The van der Waals surface area contributed by atoms with Gasteiger partial charge in [0.1, 0.15) is 12.4 Å². The minimum absolute atomic E-state index is 0.0550. The molecular formula is C15H24N2O4. The van der Waals surface area contributed by atoms with Crippen molar-refractivity contribution in [3.8, 4) is 5.75 Å². The van der Waals surface area contributed by atoms with Gasteiger partial charge < -0.3 is 30.3 Å². The normalized spacial score (nSPS) is 17.7. The second-order valence-corrected chi connectivity index (χ2v) is 4.96. The van der Waals surface area contributed by atoms with Crippen molar-refractivity contribution in [1.29, 1.82) is 0 Å². The van der Waals surface area contributed by atoms with Crippen molar-refractivity contribution < 1.29 is 19.7 Å². The highest BCUT2D eigenvalue weighted by Gasteiger charge is 2.16. The predicted octanol–water partition coefficient (Wildman–Crippen LogP) is 1.05. The van der Waals surface area contributed by atoms with E-state index in [0.29, 0.717) is 19.7 Å². The number of anilines is 2. The van der Waals surface area contributed by atoms with Crippen LogP contribution in [0.4, 0.5) is 11.4 Å². The molecule has 4 N–H and O–H groups in total. The van der Waals surface area contributed by atoms with Crippen molar-refractivity contribution in [3.63, 3.8) is 0 Å². The Kier molecular flexibility index (Phi) is 6.59. The smallest absolute Gasteiger partial charge is 0.142 e. The van der Waals surface area contributed by atoms with Gasteiger partial charge in [0.15, 0.2) is 0 Å². The van der Waals surface area contributed by atoms with E-state index in [4.69, 9.17) is 19.7 Å². The molecule has 21 heavy (non-hydrogen) atoms. The van der Waals surface area contributed by atoms with E-state index in [-0.39, 0.29) is 19.3 Å². The standard InChI is InChI=1S/C15H24N2O4/c18-7-5-16-12-3-4-15(14(10-12)17-6-8-19)21-11-13-2-1-9-20-13/h3-4,10,13,16-19H,1-2,5-9,11H2. The van der Waals surface area contributed by atoms with Gasteiger partial charge in [-0.25, -0.2) is 0 Å². The fraction of sp³-hybridized carbons (Fsp3) is 0.600. The van der Waals surface area contributed by atoms with Crippen LogP contribution in [-0.4, -0.2) is 55.8 Å². The number of nitrogens with one attached hydrogen (secondary N) is 2. The molecule has 1 aliphatic rings. The molecule has 0 spiro atoms. The lowest BCUT2D eigenvalue weighted by atomic mass is 10.2. The highest BCUT2D eigenvalue weighted by molar-refractivity contribution is 5.65. The van der Waals surface area contributed by atoms with Crippen LogP contribution in [0.2, 0.25) is 0 Å². The molecule has 0 aromatic heterocycles. The molecule has 2 rings (SSSR count). The van der Waals surface area contributed by atoms with Crippen LogP contribution in [0.1, 0.15) is 12.8 Å². The maximum absolute atomic E-state index is 8.96. The van der Waals surface area contributed by atoms with Gasteiger partial charge >= 0.3 is 0 Å². The molecule has 0 saturated carbocycles. The molecule has 1 heterocycles. The van der Waals surface area contributed by atoms with Gasteiger partial charge in [0.25, 0.3) is 0 Å². The molecular weight excluding hydrogens is 272 g/mol. The Morgan fingerprint density at radius 2 is 2.00 bits per heavy atom. The van der Waals surface area contributed by atoms with E-state index in [9.17, 15) is 0 Å². The summed E-state index contributed by atoms with van der Waals surface area (Å²) in [7, 11) is 0. The summed E-state index contributed by atoms with van der Waals surface area (Å²) in [6.07, 6.45) is 2.30. The number of benzene rings is 1. The second-order valence-electron chi connectivity index (χ2n) is 4.96. The molecule has 1 fully saturated rings. The zero-order valence-corrected chi connectivity index (χ0v) is 12.2. The molecule has 1 unspecified atom stereocenters. The first kappa shape index (κ1) is 15.9. The van der Waals surface area contributed by atoms with Gasteiger partial charge in [-0.2, -0.15) is 0 Å². The fourth-order valence-electron chi connectivity index (χ4n) is 2.25. The van der Waals surface area contributed by atoms with Crippen LogP contribution in [0, 0.1) is 0 Å². The zero-order valence-electron chi connectivity index (χ0n) is 12.2. The van der Waals surface area contributed by atoms with Gasteiger partial charge in [-0.05, 0) is 31.0 Å². The van der Waals surface area contributed by atoms with Crippen LogP contribution >= 0.6 is 0 Å². The minimum Gasteiger partial charge on any atom is -0.489 e. The Bertz CT molecular complexity index is 422. The molecule has 1 saturated heterocycles. The lowest BCUT2D eigenvalue weighted by Crippen LogP contribution is -2.17. The van der Waals surface area contributed by atoms with Crippen molar-refractivity contribution in [2.24, 2.45) is 0 Å². The summed E-state index contributed by atoms with van der Waals surface area (Å²) in [5, 5.41) is 24.0. The molecule has 0 amide bonds. The van der Waals surface area contributed by atoms with Crippen LogP contribution in [0.3, 0.4) is 0 Å². The van der Waals surface area contributed by atoms with Crippen molar-refractivity contribution >= 4 is 11.4 Å². The molecule has 0 aliphatic carbocycles. The predicted molar refractivity (Wildman–Crippen MR) is 82.1 cm³/mol. The van der Waals surface area contributed by atoms with Crippen molar-refractivity contribution in [2.45, 2.75) is 18.9 Å². The molecule has 1 atom stereocenters. The summed E-state index contributed by atoms with van der Waals surface area (Å²) in [5.74, 6) is 0.744. The summed E-state index contributed by atoms with van der Waals surface area (Å²) < 4.78 is 11.4. The van der Waals surface area contributed by atoms with E-state index in [1.165, 1.54) is 0 Å². The molecule has 1 aromatic carbocycles. The van der Waals surface area contributed by atoms with E-state index < -0.39 is 0 Å². The summed E-state index contributed by atoms with van der Waals surface area (Å²) in [4.78, 5) is 0. The maximum atomic E-state index is 8.96. The second kappa shape index (κ2) is 8.71. The van der Waals surface area contributed by atoms with Crippen molar-refractivity contribution in [3.05, 3.63) is 18.2 Å². The van der Waals surface area contributed by atoms with Crippen LogP contribution in [0.15, 0.2) is 18.2 Å². The molecule has 1 aliphatic heterocycles. The third kappa shape index (κ3) is 5.08. The molecule has 1 aromatic rings. The van der Waals surface area contributed by atoms with Crippen LogP contribution < -0.4 is 15.4 Å². The first-order valence-corrected chi connectivity index (χ1v) is 7.41. The zero-order chi connectivity index (χ0) is 14.9. The van der Waals surface area contributed by atoms with Crippen LogP contribution in [0.25, 0.3) is 0 Å². The summed E-state index contributed by atoms with van der Waals surface area (Å²) in [5.41, 5.74) is 1.72. The van der Waals surface area contributed by atoms with E-state index in [2.05, 4.69) is 10.6 Å². The summed E-state index contributed by atoms with van der Waals surface area (Å²) in [6.45, 7) is 2.44. The number of rotatable bonds is 9. The fourth-order valence-corrected chi connectivity index (χ4v) is 2.25. The number of hydrogen-bond acceptors (Lipinski definition) is 6. The maximum Gasteiger partial charge on any atom is 0.142 e. The minimum atomic E-state index is 0.0550. The number of hydrogen-bond donors (Lipinski definition) is 4. The highest BCUT2D eigenvalue weighted by Crippen LogP contribution is 2.28. The Balaban J connectivity index is 1.98. The Hall–Kier alpha value is -1.50. The van der Waals surface area contributed by atoms with Gasteiger partial charge in [0.2, 0.25) is 0 Å². The quantitative estimate of drug-likeness (QED) is 0.545. The van der Waals surface area contributed by atoms with Crippen molar-refractivity contribution in [1.82, 2.24) is 0 Å². The molecule has 6 nitrogen and oxygen atoms in total. The molecule has 6 heteroatoms. The average Bonchev–Trinajstić information content (AvgIpc) is 3.03. The SMILES string of the molecule is OCCNc1ccc(OCC2CCCO2)c(NCCO)c1. The lowest BCUT2D eigenvalue weighted by Gasteiger charge is -2.17. The van der Waals surface area contributed by atoms with Gasteiger partial charge in [0.05, 0.1) is 25.0 Å². The monoisotopic (exact) mass is 296 g/mol. The molecule has 118 valence electrons. The lowest BCUT2D eigenvalue weighted by molar-refractivity contribution is 0.0682. The highest BCUT2D eigenvalue weighted by atomic mass is 16.5. The number of aliphatic hydroxyl groups is 2. The number of ether oxygens (including phenoxy) is 2. The summed E-state index contributed by atoms with van der Waals surface area (Å²) >= 11 is 0. The van der Waals surface area contributed by atoms with E-state index in [1.807, 2.05) is 18.2 Å². The first-order chi connectivity index (χ1) is 10.3. The van der Waals surface area contributed by atoms with E-state index in [1.54, 1.807) is 0 Å². The largest absolute Gasteiger partial charge is 0.489 e. The summed E-state index contributed by atoms with van der Waals surface area (Å²) in [6, 6.07) is 5.70. The third-order valence-electron chi connectivity index (χ3n) is 3.30. The average molecular weight is 296 g/mol. The first-order valence-electron chi connectivity index (χ1n) is 7.41. The topological polar surface area (TPSA) is 83.0 Å². The van der Waals surface area contributed by atoms with E-state index in [0.717, 1.165) is 36.6 Å².